The van der Waals surface area contributed by atoms with Crippen molar-refractivity contribution in [3.05, 3.63) is 74.8 Å². The molecular formula is C22H21BrO3. The molecule has 0 spiro atoms. The Hall–Kier alpha value is -2.07. The van der Waals surface area contributed by atoms with Crippen LogP contribution in [0.3, 0.4) is 0 Å². The Morgan fingerprint density at radius 2 is 2.08 bits per heavy atom. The van der Waals surface area contributed by atoms with Gasteiger partial charge in [-0.25, -0.2) is 4.79 Å². The molecule has 2 aliphatic rings. The number of carbonyl (C=O) groups is 1. The van der Waals surface area contributed by atoms with Crippen molar-refractivity contribution in [2.24, 2.45) is 5.92 Å². The first-order valence-corrected chi connectivity index (χ1v) is 9.65. The molecule has 4 heteroatoms. The zero-order valence-corrected chi connectivity index (χ0v) is 16.6. The minimum Gasteiger partial charge on any atom is -0.489 e. The minimum atomic E-state index is -0.260. The molecule has 1 fully saturated rings. The van der Waals surface area contributed by atoms with E-state index in [0.29, 0.717) is 12.2 Å². The van der Waals surface area contributed by atoms with Crippen LogP contribution in [0.1, 0.15) is 40.3 Å². The van der Waals surface area contributed by atoms with Crippen molar-refractivity contribution in [1.82, 2.24) is 0 Å². The largest absolute Gasteiger partial charge is 0.489 e. The Morgan fingerprint density at radius 1 is 1.31 bits per heavy atom. The van der Waals surface area contributed by atoms with Gasteiger partial charge in [0.2, 0.25) is 0 Å². The van der Waals surface area contributed by atoms with Crippen molar-refractivity contribution in [1.29, 1.82) is 0 Å². The van der Waals surface area contributed by atoms with E-state index >= 15 is 0 Å². The average molecular weight is 413 g/mol. The zero-order chi connectivity index (χ0) is 18.4. The summed E-state index contributed by atoms with van der Waals surface area (Å²) in [5, 5.41) is 0. The molecule has 0 saturated carbocycles. The molecule has 1 heterocycles. The van der Waals surface area contributed by atoms with E-state index in [9.17, 15) is 4.79 Å². The molecule has 4 rings (SSSR count). The first kappa shape index (κ1) is 17.3. The molecule has 0 radical (unpaired) electrons. The summed E-state index contributed by atoms with van der Waals surface area (Å²) in [6.45, 7) is 8.60. The van der Waals surface area contributed by atoms with E-state index in [-0.39, 0.29) is 18.0 Å². The van der Waals surface area contributed by atoms with Crippen molar-refractivity contribution in [3.8, 4) is 5.75 Å². The SMILES string of the molecule is C=C1C(=O)OC2c3c(C)c(OCc4ccccc4Br)cc(C)c3CCC12. The van der Waals surface area contributed by atoms with Crippen molar-refractivity contribution in [2.75, 3.05) is 0 Å². The van der Waals surface area contributed by atoms with E-state index in [4.69, 9.17) is 9.47 Å². The van der Waals surface area contributed by atoms with Crippen molar-refractivity contribution in [2.45, 2.75) is 39.4 Å². The third kappa shape index (κ3) is 2.77. The smallest absolute Gasteiger partial charge is 0.334 e. The lowest BCUT2D eigenvalue weighted by atomic mass is 9.76. The van der Waals surface area contributed by atoms with Gasteiger partial charge < -0.3 is 9.47 Å². The molecule has 2 unspecified atom stereocenters. The van der Waals surface area contributed by atoms with Crippen LogP contribution >= 0.6 is 15.9 Å². The van der Waals surface area contributed by atoms with Crippen LogP contribution in [-0.2, 0) is 22.6 Å². The molecule has 0 N–H and O–H groups in total. The number of aryl methyl sites for hydroxylation is 1. The summed E-state index contributed by atoms with van der Waals surface area (Å²) in [6, 6.07) is 10.2. The molecule has 2 aromatic carbocycles. The fraction of sp³-hybridized carbons (Fsp3) is 0.318. The van der Waals surface area contributed by atoms with Crippen LogP contribution in [0.2, 0.25) is 0 Å². The number of hydrogen-bond donors (Lipinski definition) is 0. The lowest BCUT2D eigenvalue weighted by Gasteiger charge is -2.30. The monoisotopic (exact) mass is 412 g/mol. The standard InChI is InChI=1S/C22H21BrO3/c1-12-10-19(25-11-15-6-4-5-7-18(15)23)14(3)20-16(12)8-9-17-13(2)22(24)26-21(17)20/h4-7,10,17,21H,2,8-9,11H2,1,3H3. The number of carbonyl (C=O) groups excluding carboxylic acids is 1. The Bertz CT molecular complexity index is 916. The lowest BCUT2D eigenvalue weighted by Crippen LogP contribution is -2.20. The molecule has 1 aliphatic heterocycles. The van der Waals surface area contributed by atoms with Gasteiger partial charge in [-0.1, -0.05) is 40.7 Å². The van der Waals surface area contributed by atoms with E-state index < -0.39 is 0 Å². The van der Waals surface area contributed by atoms with Gasteiger partial charge in [-0.2, -0.15) is 0 Å². The second kappa shape index (κ2) is 6.58. The van der Waals surface area contributed by atoms with E-state index in [1.807, 2.05) is 24.3 Å². The molecule has 26 heavy (non-hydrogen) atoms. The van der Waals surface area contributed by atoms with Gasteiger partial charge in [0.1, 0.15) is 18.5 Å². The Balaban J connectivity index is 1.69. The van der Waals surface area contributed by atoms with Crippen LogP contribution in [-0.4, -0.2) is 5.97 Å². The molecule has 3 nitrogen and oxygen atoms in total. The molecule has 2 aromatic rings. The summed E-state index contributed by atoms with van der Waals surface area (Å²) in [6.07, 6.45) is 1.65. The quantitative estimate of drug-likeness (QED) is 0.502. The minimum absolute atomic E-state index is 0.0895. The van der Waals surface area contributed by atoms with Gasteiger partial charge in [0.25, 0.3) is 0 Å². The van der Waals surface area contributed by atoms with E-state index in [1.165, 1.54) is 11.1 Å². The predicted octanol–water partition coefficient (Wildman–Crippen LogP) is 5.36. The van der Waals surface area contributed by atoms with E-state index in [1.54, 1.807) is 0 Å². The normalized spacial score (nSPS) is 21.2. The second-order valence-electron chi connectivity index (χ2n) is 7.09. The highest BCUT2D eigenvalue weighted by atomic mass is 79.9. The molecular weight excluding hydrogens is 392 g/mol. The number of rotatable bonds is 3. The molecule has 1 aliphatic carbocycles. The van der Waals surface area contributed by atoms with Gasteiger partial charge in [-0.15, -0.1) is 0 Å². The Labute approximate surface area is 162 Å². The summed E-state index contributed by atoms with van der Waals surface area (Å²) in [7, 11) is 0. The van der Waals surface area contributed by atoms with Gasteiger partial charge in [0, 0.05) is 27.1 Å². The fourth-order valence-corrected chi connectivity index (χ4v) is 4.49. The molecule has 0 bridgehead atoms. The van der Waals surface area contributed by atoms with Crippen LogP contribution < -0.4 is 4.74 Å². The second-order valence-corrected chi connectivity index (χ2v) is 7.94. The number of halogens is 1. The topological polar surface area (TPSA) is 35.5 Å². The van der Waals surface area contributed by atoms with E-state index in [2.05, 4.69) is 42.4 Å². The highest BCUT2D eigenvalue weighted by Crippen LogP contribution is 2.49. The summed E-state index contributed by atoms with van der Waals surface area (Å²) >= 11 is 3.57. The van der Waals surface area contributed by atoms with Crippen LogP contribution in [0.25, 0.3) is 0 Å². The van der Waals surface area contributed by atoms with E-state index in [0.717, 1.165) is 39.8 Å². The third-order valence-electron chi connectivity index (χ3n) is 5.56. The Kier molecular flexibility index (Phi) is 4.39. The van der Waals surface area contributed by atoms with Gasteiger partial charge >= 0.3 is 5.97 Å². The van der Waals surface area contributed by atoms with Crippen LogP contribution in [0.15, 0.2) is 47.0 Å². The summed E-state index contributed by atoms with van der Waals surface area (Å²) < 4.78 is 12.9. The number of ether oxygens (including phenoxy) is 2. The van der Waals surface area contributed by atoms with Gasteiger partial charge in [-0.3, -0.25) is 0 Å². The molecule has 0 amide bonds. The summed E-state index contributed by atoms with van der Waals surface area (Å²) in [5.74, 6) is 0.683. The molecule has 134 valence electrons. The first-order chi connectivity index (χ1) is 12.5. The Morgan fingerprint density at radius 3 is 2.85 bits per heavy atom. The maximum atomic E-state index is 12.0. The van der Waals surface area contributed by atoms with Gasteiger partial charge in [0.05, 0.1) is 0 Å². The third-order valence-corrected chi connectivity index (χ3v) is 6.34. The van der Waals surface area contributed by atoms with Gasteiger partial charge in [0.15, 0.2) is 0 Å². The number of benzene rings is 2. The highest BCUT2D eigenvalue weighted by Gasteiger charge is 2.44. The highest BCUT2D eigenvalue weighted by molar-refractivity contribution is 9.10. The first-order valence-electron chi connectivity index (χ1n) is 8.86. The van der Waals surface area contributed by atoms with Crippen LogP contribution in [0, 0.1) is 19.8 Å². The van der Waals surface area contributed by atoms with Crippen LogP contribution in [0.4, 0.5) is 0 Å². The van der Waals surface area contributed by atoms with Crippen molar-refractivity contribution in [3.63, 3.8) is 0 Å². The summed E-state index contributed by atoms with van der Waals surface area (Å²) in [4.78, 5) is 12.0. The van der Waals surface area contributed by atoms with Gasteiger partial charge in [-0.05, 0) is 55.5 Å². The molecule has 2 atom stereocenters. The number of fused-ring (bicyclic) bond motifs is 3. The molecule has 0 aromatic heterocycles. The van der Waals surface area contributed by atoms with Crippen molar-refractivity contribution >= 4 is 21.9 Å². The maximum Gasteiger partial charge on any atom is 0.334 e. The molecule has 1 saturated heterocycles. The number of esters is 1. The van der Waals surface area contributed by atoms with Crippen LogP contribution in [0.5, 0.6) is 5.75 Å². The average Bonchev–Trinajstić information content (AvgIpc) is 2.92. The number of hydrogen-bond acceptors (Lipinski definition) is 3. The zero-order valence-electron chi connectivity index (χ0n) is 15.0. The summed E-state index contributed by atoms with van der Waals surface area (Å²) in [5.41, 5.74) is 6.38. The maximum absolute atomic E-state index is 12.0. The van der Waals surface area contributed by atoms with Crippen molar-refractivity contribution < 1.29 is 14.3 Å². The predicted molar refractivity (Wildman–Crippen MR) is 104 cm³/mol. The lowest BCUT2D eigenvalue weighted by molar-refractivity contribution is -0.139. The fourth-order valence-electron chi connectivity index (χ4n) is 4.09.